The Morgan fingerprint density at radius 2 is 2.08 bits per heavy atom. The molecule has 3 nitrogen and oxygen atoms in total. The first-order valence-electron chi connectivity index (χ1n) is 8.99. The van der Waals surface area contributed by atoms with Gasteiger partial charge in [-0.3, -0.25) is 4.79 Å². The van der Waals surface area contributed by atoms with Crippen molar-refractivity contribution in [2.75, 3.05) is 0 Å². The summed E-state index contributed by atoms with van der Waals surface area (Å²) in [6.07, 6.45) is 7.33. The van der Waals surface area contributed by atoms with Crippen molar-refractivity contribution in [2.24, 2.45) is 17.3 Å². The fourth-order valence-corrected chi connectivity index (χ4v) is 5.00. The van der Waals surface area contributed by atoms with Gasteiger partial charge in [-0.2, -0.15) is 0 Å². The number of Topliss-reactive ketones (excluding diaryl/α,β-unsaturated/α-hetero) is 1. The molecule has 2 unspecified atom stereocenters. The van der Waals surface area contributed by atoms with Crippen molar-refractivity contribution in [3.8, 4) is 0 Å². The van der Waals surface area contributed by atoms with Crippen LogP contribution in [0.1, 0.15) is 45.1 Å². The highest BCUT2D eigenvalue weighted by molar-refractivity contribution is 6.04. The molecule has 2 aromatic rings. The number of fused-ring (bicyclic) bond motifs is 2. The molecule has 24 heavy (non-hydrogen) atoms. The number of hydrogen-bond donors (Lipinski definition) is 2. The Bertz CT molecular complexity index is 818. The third-order valence-corrected chi connectivity index (χ3v) is 6.46. The molecule has 1 aromatic heterocycles. The molecule has 0 radical (unpaired) electrons. The van der Waals surface area contributed by atoms with E-state index >= 15 is 0 Å². The standard InChI is InChI=1S/C21H25NO2/c1-13-17-7-5-9-19(23)21(17,2)11-14(20(13)24)10-15-12-22-18-8-4-3-6-16(15)18/h3-4,6,8,10,12-13,17,19,22-23H,5,7,9,11H2,1-2H3/b14-10+/t13?,17?,19-,21-/m0/s1. The van der Waals surface area contributed by atoms with E-state index in [1.165, 1.54) is 0 Å². The first kappa shape index (κ1) is 15.6. The number of rotatable bonds is 1. The number of aromatic amines is 1. The number of allylic oxidation sites excluding steroid dienone is 1. The van der Waals surface area contributed by atoms with Crippen LogP contribution in [0.3, 0.4) is 0 Å². The second-order valence-corrected chi connectivity index (χ2v) is 7.85. The van der Waals surface area contributed by atoms with E-state index in [4.69, 9.17) is 0 Å². The van der Waals surface area contributed by atoms with Gasteiger partial charge in [-0.05, 0) is 42.9 Å². The lowest BCUT2D eigenvalue weighted by molar-refractivity contribution is -0.133. The van der Waals surface area contributed by atoms with Crippen LogP contribution in [0.15, 0.2) is 36.0 Å². The molecule has 2 aliphatic rings. The minimum absolute atomic E-state index is 0.00449. The smallest absolute Gasteiger partial charge is 0.161 e. The van der Waals surface area contributed by atoms with Crippen molar-refractivity contribution in [1.29, 1.82) is 0 Å². The number of aromatic nitrogens is 1. The predicted molar refractivity (Wildman–Crippen MR) is 96.5 cm³/mol. The Morgan fingerprint density at radius 3 is 2.92 bits per heavy atom. The van der Waals surface area contributed by atoms with Gasteiger partial charge in [0, 0.05) is 34.0 Å². The molecule has 0 amide bonds. The van der Waals surface area contributed by atoms with E-state index in [9.17, 15) is 9.90 Å². The summed E-state index contributed by atoms with van der Waals surface area (Å²) < 4.78 is 0. The zero-order valence-corrected chi connectivity index (χ0v) is 14.4. The first-order valence-corrected chi connectivity index (χ1v) is 8.99. The van der Waals surface area contributed by atoms with Crippen molar-refractivity contribution in [3.05, 3.63) is 41.6 Å². The van der Waals surface area contributed by atoms with E-state index in [0.29, 0.717) is 12.3 Å². The Morgan fingerprint density at radius 1 is 1.29 bits per heavy atom. The maximum absolute atomic E-state index is 12.9. The van der Waals surface area contributed by atoms with Gasteiger partial charge in [-0.25, -0.2) is 0 Å². The molecule has 3 heteroatoms. The number of carbonyl (C=O) groups excluding carboxylic acids is 1. The van der Waals surface area contributed by atoms with E-state index in [1.807, 2.05) is 37.4 Å². The van der Waals surface area contributed by atoms with Crippen LogP contribution in [0.25, 0.3) is 17.0 Å². The molecular weight excluding hydrogens is 298 g/mol. The molecular formula is C21H25NO2. The largest absolute Gasteiger partial charge is 0.393 e. The van der Waals surface area contributed by atoms with E-state index in [2.05, 4.69) is 18.0 Å². The monoisotopic (exact) mass is 323 g/mol. The maximum atomic E-state index is 12.9. The summed E-state index contributed by atoms with van der Waals surface area (Å²) in [7, 11) is 0. The van der Waals surface area contributed by atoms with E-state index in [1.54, 1.807) is 0 Å². The molecule has 0 saturated heterocycles. The van der Waals surface area contributed by atoms with Gasteiger partial charge in [-0.15, -0.1) is 0 Å². The summed E-state index contributed by atoms with van der Waals surface area (Å²) in [4.78, 5) is 16.2. The van der Waals surface area contributed by atoms with Crippen LogP contribution in [-0.2, 0) is 4.79 Å². The fraction of sp³-hybridized carbons (Fsp3) is 0.476. The Hall–Kier alpha value is -1.87. The zero-order valence-electron chi connectivity index (χ0n) is 14.4. The fourth-order valence-electron chi connectivity index (χ4n) is 5.00. The van der Waals surface area contributed by atoms with Crippen LogP contribution in [0.2, 0.25) is 0 Å². The summed E-state index contributed by atoms with van der Waals surface area (Å²) in [5.74, 6) is 0.556. The highest BCUT2D eigenvalue weighted by atomic mass is 16.3. The average Bonchev–Trinajstić information content (AvgIpc) is 2.98. The third-order valence-electron chi connectivity index (χ3n) is 6.46. The quantitative estimate of drug-likeness (QED) is 0.768. The number of H-pyrrole nitrogens is 1. The van der Waals surface area contributed by atoms with Crippen LogP contribution in [0, 0.1) is 17.3 Å². The van der Waals surface area contributed by atoms with Crippen molar-refractivity contribution in [2.45, 2.75) is 45.6 Å². The second-order valence-electron chi connectivity index (χ2n) is 7.85. The van der Waals surface area contributed by atoms with Gasteiger partial charge in [0.15, 0.2) is 5.78 Å². The molecule has 2 N–H and O–H groups in total. The van der Waals surface area contributed by atoms with Crippen LogP contribution >= 0.6 is 0 Å². The maximum Gasteiger partial charge on any atom is 0.161 e. The molecule has 1 heterocycles. The summed E-state index contributed by atoms with van der Waals surface area (Å²) in [5, 5.41) is 11.8. The molecule has 0 aliphatic heterocycles. The van der Waals surface area contributed by atoms with Crippen molar-refractivity contribution >= 4 is 22.8 Å². The van der Waals surface area contributed by atoms with Crippen molar-refractivity contribution in [3.63, 3.8) is 0 Å². The summed E-state index contributed by atoms with van der Waals surface area (Å²) in [6, 6.07) is 8.15. The molecule has 0 spiro atoms. The van der Waals surface area contributed by atoms with Gasteiger partial charge in [0.2, 0.25) is 0 Å². The molecule has 4 rings (SSSR count). The molecule has 2 saturated carbocycles. The minimum Gasteiger partial charge on any atom is -0.393 e. The number of benzene rings is 1. The van der Waals surface area contributed by atoms with Gasteiger partial charge in [0.1, 0.15) is 0 Å². The number of carbonyl (C=O) groups is 1. The van der Waals surface area contributed by atoms with E-state index < -0.39 is 0 Å². The number of nitrogens with one attached hydrogen (secondary N) is 1. The van der Waals surface area contributed by atoms with E-state index in [0.717, 1.165) is 41.3 Å². The molecule has 4 atom stereocenters. The van der Waals surface area contributed by atoms with Crippen LogP contribution in [0.5, 0.6) is 0 Å². The first-order chi connectivity index (χ1) is 11.5. The number of hydrogen-bond acceptors (Lipinski definition) is 2. The number of para-hydroxylation sites is 1. The lowest BCUT2D eigenvalue weighted by atomic mass is 9.54. The Labute approximate surface area is 142 Å². The van der Waals surface area contributed by atoms with Gasteiger partial charge < -0.3 is 10.1 Å². The van der Waals surface area contributed by atoms with Crippen LogP contribution in [0.4, 0.5) is 0 Å². The topological polar surface area (TPSA) is 53.1 Å². The number of ketones is 1. The predicted octanol–water partition coefficient (Wildman–Crippen LogP) is 4.33. The molecule has 2 aliphatic carbocycles. The van der Waals surface area contributed by atoms with Gasteiger partial charge in [-0.1, -0.05) is 38.5 Å². The zero-order chi connectivity index (χ0) is 16.9. The van der Waals surface area contributed by atoms with Crippen LogP contribution < -0.4 is 0 Å². The third kappa shape index (κ3) is 2.26. The molecule has 126 valence electrons. The molecule has 1 aromatic carbocycles. The minimum atomic E-state index is -0.307. The van der Waals surface area contributed by atoms with Crippen molar-refractivity contribution in [1.82, 2.24) is 4.98 Å². The summed E-state index contributed by atoms with van der Waals surface area (Å²) in [5.41, 5.74) is 2.84. The highest BCUT2D eigenvalue weighted by Gasteiger charge is 2.51. The SMILES string of the molecule is CC1C(=O)/C(=C/c2c[nH]c3ccccc23)C[C@@]2(C)C1CCC[C@@H]2O. The lowest BCUT2D eigenvalue weighted by Gasteiger charge is -2.51. The number of aliphatic hydroxyl groups is 1. The molecule has 2 fully saturated rings. The van der Waals surface area contributed by atoms with Gasteiger partial charge in [0.25, 0.3) is 0 Å². The van der Waals surface area contributed by atoms with E-state index in [-0.39, 0.29) is 23.2 Å². The van der Waals surface area contributed by atoms with Gasteiger partial charge >= 0.3 is 0 Å². The van der Waals surface area contributed by atoms with Crippen LogP contribution in [-0.4, -0.2) is 22.0 Å². The Kier molecular flexibility index (Phi) is 3.65. The molecule has 0 bridgehead atoms. The summed E-state index contributed by atoms with van der Waals surface area (Å²) >= 11 is 0. The Balaban J connectivity index is 1.76. The van der Waals surface area contributed by atoms with Gasteiger partial charge in [0.05, 0.1) is 6.10 Å². The summed E-state index contributed by atoms with van der Waals surface area (Å²) in [6.45, 7) is 4.22. The average molecular weight is 323 g/mol. The highest BCUT2D eigenvalue weighted by Crippen LogP contribution is 2.53. The normalized spacial score (nSPS) is 35.4. The second kappa shape index (κ2) is 5.59. The number of aliphatic hydroxyl groups excluding tert-OH is 1. The van der Waals surface area contributed by atoms with Crippen molar-refractivity contribution < 1.29 is 9.90 Å². The lowest BCUT2D eigenvalue weighted by Crippen LogP contribution is -2.51.